The van der Waals surface area contributed by atoms with E-state index in [4.69, 9.17) is 14.7 Å². The van der Waals surface area contributed by atoms with Gasteiger partial charge in [0.15, 0.2) is 5.54 Å². The van der Waals surface area contributed by atoms with Crippen molar-refractivity contribution in [2.75, 3.05) is 19.8 Å². The largest absolute Gasteiger partial charge is 0.493 e. The summed E-state index contributed by atoms with van der Waals surface area (Å²) < 4.78 is 11.2. The van der Waals surface area contributed by atoms with E-state index in [1.165, 1.54) is 0 Å². The van der Waals surface area contributed by atoms with Crippen LogP contribution in [0, 0.1) is 11.3 Å². The van der Waals surface area contributed by atoms with Gasteiger partial charge in [0, 0.05) is 12.0 Å². The van der Waals surface area contributed by atoms with Crippen LogP contribution in [0.2, 0.25) is 0 Å². The molecule has 4 rings (SSSR count). The number of carbonyl (C=O) groups excluding carboxylic acids is 2. The van der Waals surface area contributed by atoms with E-state index in [0.717, 1.165) is 4.90 Å². The second-order valence-corrected chi connectivity index (χ2v) is 6.34. The minimum Gasteiger partial charge on any atom is -0.493 e. The van der Waals surface area contributed by atoms with E-state index in [9.17, 15) is 9.59 Å². The van der Waals surface area contributed by atoms with Crippen LogP contribution >= 0.6 is 0 Å². The highest BCUT2D eigenvalue weighted by atomic mass is 16.5. The van der Waals surface area contributed by atoms with Crippen molar-refractivity contribution in [3.05, 3.63) is 59.7 Å². The average Bonchev–Trinajstić information content (AvgIpc) is 2.93. The summed E-state index contributed by atoms with van der Waals surface area (Å²) in [5.41, 5.74) is -0.00592. The summed E-state index contributed by atoms with van der Waals surface area (Å²) >= 11 is 0. The van der Waals surface area contributed by atoms with Gasteiger partial charge < -0.3 is 14.8 Å². The topological polar surface area (TPSA) is 91.7 Å². The lowest BCUT2D eigenvalue weighted by Gasteiger charge is -2.33. The summed E-state index contributed by atoms with van der Waals surface area (Å²) in [4.78, 5) is 26.7. The van der Waals surface area contributed by atoms with Crippen molar-refractivity contribution in [3.63, 3.8) is 0 Å². The third kappa shape index (κ3) is 2.75. The quantitative estimate of drug-likeness (QED) is 0.841. The number of nitriles is 1. The number of benzene rings is 2. The van der Waals surface area contributed by atoms with Crippen LogP contribution in [-0.2, 0) is 10.3 Å². The molecule has 1 atom stereocenters. The zero-order valence-electron chi connectivity index (χ0n) is 14.5. The number of ether oxygens (including phenoxy) is 2. The number of imide groups is 1. The van der Waals surface area contributed by atoms with Crippen molar-refractivity contribution < 1.29 is 19.1 Å². The fraction of sp³-hybridized carbons (Fsp3) is 0.250. The molecule has 0 aliphatic carbocycles. The van der Waals surface area contributed by atoms with Crippen LogP contribution in [0.25, 0.3) is 0 Å². The van der Waals surface area contributed by atoms with Crippen molar-refractivity contribution in [2.45, 2.75) is 12.0 Å². The molecule has 27 heavy (non-hydrogen) atoms. The van der Waals surface area contributed by atoms with Crippen molar-refractivity contribution in [2.24, 2.45) is 0 Å². The van der Waals surface area contributed by atoms with Gasteiger partial charge in [0.1, 0.15) is 24.2 Å². The first-order valence-electron chi connectivity index (χ1n) is 8.64. The van der Waals surface area contributed by atoms with E-state index in [-0.39, 0.29) is 19.1 Å². The van der Waals surface area contributed by atoms with Crippen LogP contribution in [0.15, 0.2) is 48.5 Å². The molecule has 2 aliphatic heterocycles. The van der Waals surface area contributed by atoms with Crippen LogP contribution in [-0.4, -0.2) is 36.6 Å². The molecule has 1 unspecified atom stereocenters. The van der Waals surface area contributed by atoms with Gasteiger partial charge >= 0.3 is 6.03 Å². The van der Waals surface area contributed by atoms with Crippen LogP contribution in [0.1, 0.15) is 17.5 Å². The molecule has 0 bridgehead atoms. The molecule has 0 radical (unpaired) electrons. The Bertz CT molecular complexity index is 952. The highest BCUT2D eigenvalue weighted by Crippen LogP contribution is 2.40. The molecule has 1 N–H and O–H groups in total. The molecule has 2 heterocycles. The Morgan fingerprint density at radius 3 is 2.81 bits per heavy atom. The monoisotopic (exact) mass is 363 g/mol. The minimum absolute atomic E-state index is 0.0925. The summed E-state index contributed by atoms with van der Waals surface area (Å²) in [6, 6.07) is 15.7. The SMILES string of the molecule is N#Cc1ccccc1OCCN1C(=O)NC2(CCOc3ccccc32)C1=O. The third-order valence-electron chi connectivity index (χ3n) is 4.84. The summed E-state index contributed by atoms with van der Waals surface area (Å²) in [7, 11) is 0. The van der Waals surface area contributed by atoms with Gasteiger partial charge in [0.25, 0.3) is 5.91 Å². The first-order valence-corrected chi connectivity index (χ1v) is 8.64. The Hall–Kier alpha value is -3.53. The van der Waals surface area contributed by atoms with Gasteiger partial charge in [-0.1, -0.05) is 30.3 Å². The molecule has 2 aromatic carbocycles. The number of carbonyl (C=O) groups is 2. The zero-order valence-corrected chi connectivity index (χ0v) is 14.5. The van der Waals surface area contributed by atoms with E-state index in [0.29, 0.717) is 35.7 Å². The summed E-state index contributed by atoms with van der Waals surface area (Å²) in [5.74, 6) is 0.733. The van der Waals surface area contributed by atoms with E-state index < -0.39 is 11.6 Å². The molecule has 2 aromatic rings. The fourth-order valence-corrected chi connectivity index (χ4v) is 3.51. The summed E-state index contributed by atoms with van der Waals surface area (Å²) in [6.07, 6.45) is 0.378. The number of hydrogen-bond acceptors (Lipinski definition) is 5. The number of nitrogens with one attached hydrogen (secondary N) is 1. The Morgan fingerprint density at radius 2 is 1.96 bits per heavy atom. The minimum atomic E-state index is -1.09. The standard InChI is InChI=1S/C20H17N3O4/c21-13-14-5-1-3-7-16(14)27-12-10-23-18(24)20(22-19(23)25)9-11-26-17-8-4-2-6-15(17)20/h1-8H,9-12H2,(H,22,25). The number of urea groups is 1. The summed E-state index contributed by atoms with van der Waals surface area (Å²) in [6.45, 7) is 0.546. The molecule has 2 aliphatic rings. The van der Waals surface area contributed by atoms with Crippen molar-refractivity contribution in [3.8, 4) is 17.6 Å². The van der Waals surface area contributed by atoms with E-state index >= 15 is 0 Å². The molecular formula is C20H17N3O4. The van der Waals surface area contributed by atoms with Gasteiger partial charge in [-0.25, -0.2) is 4.79 Å². The van der Waals surface area contributed by atoms with Gasteiger partial charge in [-0.15, -0.1) is 0 Å². The van der Waals surface area contributed by atoms with Crippen LogP contribution in [0.3, 0.4) is 0 Å². The maximum atomic E-state index is 13.1. The lowest BCUT2D eigenvalue weighted by Crippen LogP contribution is -2.47. The van der Waals surface area contributed by atoms with Crippen molar-refractivity contribution in [1.82, 2.24) is 10.2 Å². The lowest BCUT2D eigenvalue weighted by atomic mass is 9.84. The molecule has 3 amide bonds. The van der Waals surface area contributed by atoms with Crippen molar-refractivity contribution in [1.29, 1.82) is 5.26 Å². The second-order valence-electron chi connectivity index (χ2n) is 6.34. The first kappa shape index (κ1) is 16.9. The lowest BCUT2D eigenvalue weighted by molar-refractivity contribution is -0.132. The van der Waals surface area contributed by atoms with E-state index in [2.05, 4.69) is 11.4 Å². The highest BCUT2D eigenvalue weighted by molar-refractivity contribution is 6.08. The number of rotatable bonds is 4. The second kappa shape index (κ2) is 6.65. The number of para-hydroxylation sites is 2. The predicted molar refractivity (Wildman–Crippen MR) is 95.1 cm³/mol. The number of amides is 3. The number of hydrogen-bond donors (Lipinski definition) is 1. The molecule has 1 fully saturated rings. The molecule has 7 heteroatoms. The number of fused-ring (bicyclic) bond motifs is 2. The average molecular weight is 363 g/mol. The summed E-state index contributed by atoms with van der Waals surface area (Å²) in [5, 5.41) is 11.9. The molecular weight excluding hydrogens is 346 g/mol. The van der Waals surface area contributed by atoms with E-state index in [1.54, 1.807) is 36.4 Å². The van der Waals surface area contributed by atoms with Gasteiger partial charge in [-0.3, -0.25) is 9.69 Å². The Balaban J connectivity index is 1.51. The Morgan fingerprint density at radius 1 is 1.19 bits per heavy atom. The normalized spacial score (nSPS) is 20.6. The zero-order chi connectivity index (χ0) is 18.9. The fourth-order valence-electron chi connectivity index (χ4n) is 3.51. The van der Waals surface area contributed by atoms with Crippen LogP contribution in [0.5, 0.6) is 11.5 Å². The van der Waals surface area contributed by atoms with Crippen LogP contribution in [0.4, 0.5) is 4.79 Å². The highest BCUT2D eigenvalue weighted by Gasteiger charge is 2.54. The van der Waals surface area contributed by atoms with Gasteiger partial charge in [-0.2, -0.15) is 5.26 Å². The van der Waals surface area contributed by atoms with Crippen molar-refractivity contribution >= 4 is 11.9 Å². The molecule has 0 aromatic heterocycles. The Kier molecular flexibility index (Phi) is 4.16. The van der Waals surface area contributed by atoms with Gasteiger partial charge in [-0.05, 0) is 18.2 Å². The Labute approximate surface area is 156 Å². The van der Waals surface area contributed by atoms with Crippen LogP contribution < -0.4 is 14.8 Å². The molecule has 136 valence electrons. The molecule has 0 saturated carbocycles. The number of nitrogens with zero attached hydrogens (tertiary/aromatic N) is 2. The third-order valence-corrected chi connectivity index (χ3v) is 4.84. The molecule has 7 nitrogen and oxygen atoms in total. The molecule has 1 saturated heterocycles. The molecule has 1 spiro atoms. The first-order chi connectivity index (χ1) is 13.2. The smallest absolute Gasteiger partial charge is 0.325 e. The van der Waals surface area contributed by atoms with Gasteiger partial charge in [0.2, 0.25) is 0 Å². The van der Waals surface area contributed by atoms with E-state index in [1.807, 2.05) is 12.1 Å². The van der Waals surface area contributed by atoms with Gasteiger partial charge in [0.05, 0.1) is 18.7 Å². The maximum Gasteiger partial charge on any atom is 0.325 e. The predicted octanol–water partition coefficient (Wildman–Crippen LogP) is 2.17. The maximum absolute atomic E-state index is 13.1.